The topological polar surface area (TPSA) is 46.6 Å². The Bertz CT molecular complexity index is 769. The maximum atomic E-state index is 12.4. The van der Waals surface area contributed by atoms with Crippen molar-refractivity contribution in [2.45, 2.75) is 32.6 Å². The van der Waals surface area contributed by atoms with E-state index in [0.717, 1.165) is 24.1 Å². The number of carbonyl (C=O) groups is 2. The van der Waals surface area contributed by atoms with Gasteiger partial charge in [-0.25, -0.2) is 0 Å². The predicted octanol–water partition coefficient (Wildman–Crippen LogP) is 3.45. The summed E-state index contributed by atoms with van der Waals surface area (Å²) in [5, 5.41) is 0. The Morgan fingerprint density at radius 3 is 2.80 bits per heavy atom. The van der Waals surface area contributed by atoms with E-state index in [1.807, 2.05) is 49.4 Å². The highest BCUT2D eigenvalue weighted by molar-refractivity contribution is 5.96. The molecule has 0 radical (unpaired) electrons. The smallest absolute Gasteiger partial charge is 0.306 e. The van der Waals surface area contributed by atoms with Crippen LogP contribution < -0.4 is 4.90 Å². The minimum Gasteiger partial charge on any atom is -0.456 e. The van der Waals surface area contributed by atoms with Crippen molar-refractivity contribution in [3.8, 4) is 0 Å². The SMILES string of the molecule is Cc1cccc(CCC(=O)OCC(=O)N2CCCc3ccccc32)c1. The molecule has 25 heavy (non-hydrogen) atoms. The molecule has 2 aromatic rings. The zero-order valence-electron chi connectivity index (χ0n) is 14.5. The van der Waals surface area contributed by atoms with Crippen molar-refractivity contribution in [3.05, 3.63) is 65.2 Å². The fraction of sp³-hybridized carbons (Fsp3) is 0.333. The highest BCUT2D eigenvalue weighted by Gasteiger charge is 2.22. The van der Waals surface area contributed by atoms with Crippen molar-refractivity contribution in [2.75, 3.05) is 18.1 Å². The van der Waals surface area contributed by atoms with E-state index in [0.29, 0.717) is 13.0 Å². The van der Waals surface area contributed by atoms with Gasteiger partial charge in [0.2, 0.25) is 0 Å². The van der Waals surface area contributed by atoms with E-state index in [4.69, 9.17) is 4.74 Å². The fourth-order valence-electron chi connectivity index (χ4n) is 3.20. The average molecular weight is 337 g/mol. The Balaban J connectivity index is 1.50. The van der Waals surface area contributed by atoms with Crippen LogP contribution in [0.25, 0.3) is 0 Å². The number of nitrogens with zero attached hydrogens (tertiary/aromatic N) is 1. The lowest BCUT2D eigenvalue weighted by atomic mass is 10.0. The molecule has 0 aliphatic carbocycles. The molecular weight excluding hydrogens is 314 g/mol. The molecule has 1 aliphatic heterocycles. The van der Waals surface area contributed by atoms with Gasteiger partial charge in [0, 0.05) is 18.7 Å². The van der Waals surface area contributed by atoms with Crippen molar-refractivity contribution < 1.29 is 14.3 Å². The predicted molar refractivity (Wildman–Crippen MR) is 97.6 cm³/mol. The van der Waals surface area contributed by atoms with Crippen LogP contribution in [0.1, 0.15) is 29.5 Å². The highest BCUT2D eigenvalue weighted by Crippen LogP contribution is 2.26. The van der Waals surface area contributed by atoms with Crippen LogP contribution in [-0.2, 0) is 27.2 Å². The number of hydrogen-bond acceptors (Lipinski definition) is 3. The normalized spacial score (nSPS) is 13.2. The Labute approximate surface area is 148 Å². The Kier molecular flexibility index (Phi) is 5.49. The number of amides is 1. The maximum absolute atomic E-state index is 12.4. The van der Waals surface area contributed by atoms with Gasteiger partial charge >= 0.3 is 5.97 Å². The van der Waals surface area contributed by atoms with Gasteiger partial charge in [0.05, 0.1) is 0 Å². The Morgan fingerprint density at radius 1 is 1.12 bits per heavy atom. The molecule has 130 valence electrons. The second-order valence-electron chi connectivity index (χ2n) is 6.43. The van der Waals surface area contributed by atoms with Crippen molar-refractivity contribution in [1.29, 1.82) is 0 Å². The minimum atomic E-state index is -0.333. The largest absolute Gasteiger partial charge is 0.456 e. The first-order valence-electron chi connectivity index (χ1n) is 8.73. The van der Waals surface area contributed by atoms with E-state index < -0.39 is 0 Å². The summed E-state index contributed by atoms with van der Waals surface area (Å²) >= 11 is 0. The van der Waals surface area contributed by atoms with Crippen molar-refractivity contribution in [3.63, 3.8) is 0 Å². The van der Waals surface area contributed by atoms with Crippen LogP contribution >= 0.6 is 0 Å². The van der Waals surface area contributed by atoms with Gasteiger partial charge in [-0.2, -0.15) is 0 Å². The second-order valence-corrected chi connectivity index (χ2v) is 6.43. The van der Waals surface area contributed by atoms with Crippen molar-refractivity contribution >= 4 is 17.6 Å². The standard InChI is InChI=1S/C21H23NO3/c1-16-6-4-7-17(14-16)11-12-21(24)25-15-20(23)22-13-5-9-18-8-2-3-10-19(18)22/h2-4,6-8,10,14H,5,9,11-13,15H2,1H3. The van der Waals surface area contributed by atoms with E-state index in [1.165, 1.54) is 11.1 Å². The molecule has 1 heterocycles. The number of esters is 1. The number of benzene rings is 2. The van der Waals surface area contributed by atoms with E-state index in [-0.39, 0.29) is 24.9 Å². The van der Waals surface area contributed by atoms with Gasteiger partial charge < -0.3 is 9.64 Å². The van der Waals surface area contributed by atoms with Crippen LogP contribution in [0.2, 0.25) is 0 Å². The number of anilines is 1. The summed E-state index contributed by atoms with van der Waals surface area (Å²) < 4.78 is 5.19. The molecule has 0 unspecified atom stereocenters. The number of ether oxygens (including phenoxy) is 1. The molecule has 2 aromatic carbocycles. The molecule has 0 spiro atoms. The van der Waals surface area contributed by atoms with Gasteiger partial charge in [0.15, 0.2) is 6.61 Å². The van der Waals surface area contributed by atoms with E-state index in [9.17, 15) is 9.59 Å². The summed E-state index contributed by atoms with van der Waals surface area (Å²) in [7, 11) is 0. The number of para-hydroxylation sites is 1. The molecule has 3 rings (SSSR count). The third-order valence-electron chi connectivity index (χ3n) is 4.47. The summed E-state index contributed by atoms with van der Waals surface area (Å²) in [6.07, 6.45) is 2.83. The first-order valence-corrected chi connectivity index (χ1v) is 8.73. The van der Waals surface area contributed by atoms with Gasteiger partial charge in [0.25, 0.3) is 5.91 Å². The van der Waals surface area contributed by atoms with E-state index in [2.05, 4.69) is 6.07 Å². The Hall–Kier alpha value is -2.62. The molecule has 0 saturated carbocycles. The van der Waals surface area contributed by atoms with Gasteiger partial charge in [-0.1, -0.05) is 48.0 Å². The fourth-order valence-corrected chi connectivity index (χ4v) is 3.20. The summed E-state index contributed by atoms with van der Waals surface area (Å²) in [5.41, 5.74) is 4.39. The lowest BCUT2D eigenvalue weighted by molar-refractivity contribution is -0.147. The van der Waals surface area contributed by atoms with Gasteiger partial charge in [-0.3, -0.25) is 9.59 Å². The summed E-state index contributed by atoms with van der Waals surface area (Å²) in [6.45, 7) is 2.51. The van der Waals surface area contributed by atoms with Crippen molar-refractivity contribution in [1.82, 2.24) is 0 Å². The van der Waals surface area contributed by atoms with Crippen LogP contribution in [0.5, 0.6) is 0 Å². The van der Waals surface area contributed by atoms with Gasteiger partial charge in [0.1, 0.15) is 0 Å². The van der Waals surface area contributed by atoms with Crippen LogP contribution in [0, 0.1) is 6.92 Å². The lowest BCUT2D eigenvalue weighted by Crippen LogP contribution is -2.38. The molecule has 0 saturated heterocycles. The minimum absolute atomic E-state index is 0.156. The van der Waals surface area contributed by atoms with Crippen molar-refractivity contribution in [2.24, 2.45) is 0 Å². The molecule has 1 amide bonds. The molecule has 1 aliphatic rings. The van der Waals surface area contributed by atoms with E-state index in [1.54, 1.807) is 4.90 Å². The third kappa shape index (κ3) is 4.47. The third-order valence-corrected chi connectivity index (χ3v) is 4.47. The number of hydrogen-bond donors (Lipinski definition) is 0. The highest BCUT2D eigenvalue weighted by atomic mass is 16.5. The zero-order chi connectivity index (χ0) is 17.6. The summed E-state index contributed by atoms with van der Waals surface area (Å²) in [4.78, 5) is 26.1. The maximum Gasteiger partial charge on any atom is 0.306 e. The molecule has 0 N–H and O–H groups in total. The lowest BCUT2D eigenvalue weighted by Gasteiger charge is -2.29. The van der Waals surface area contributed by atoms with Gasteiger partial charge in [-0.05, 0) is 43.4 Å². The van der Waals surface area contributed by atoms with Gasteiger partial charge in [-0.15, -0.1) is 0 Å². The first kappa shape index (κ1) is 17.2. The molecule has 0 bridgehead atoms. The Morgan fingerprint density at radius 2 is 1.96 bits per heavy atom. The van der Waals surface area contributed by atoms with Crippen LogP contribution in [0.4, 0.5) is 5.69 Å². The summed E-state index contributed by atoms with van der Waals surface area (Å²) in [5.74, 6) is -0.490. The molecule has 4 nitrogen and oxygen atoms in total. The molecule has 4 heteroatoms. The molecule has 0 aromatic heterocycles. The number of rotatable bonds is 5. The van der Waals surface area contributed by atoms with Crippen LogP contribution in [-0.4, -0.2) is 25.0 Å². The second kappa shape index (κ2) is 7.97. The van der Waals surface area contributed by atoms with E-state index >= 15 is 0 Å². The number of aryl methyl sites for hydroxylation is 3. The zero-order valence-corrected chi connectivity index (χ0v) is 14.5. The summed E-state index contributed by atoms with van der Waals surface area (Å²) in [6, 6.07) is 16.0. The molecular formula is C21H23NO3. The average Bonchev–Trinajstić information content (AvgIpc) is 2.64. The number of fused-ring (bicyclic) bond motifs is 1. The quantitative estimate of drug-likeness (QED) is 0.785. The van der Waals surface area contributed by atoms with Crippen LogP contribution in [0.3, 0.4) is 0 Å². The first-order chi connectivity index (χ1) is 12.1. The van der Waals surface area contributed by atoms with Crippen LogP contribution in [0.15, 0.2) is 48.5 Å². The number of carbonyl (C=O) groups excluding carboxylic acids is 2. The molecule has 0 fully saturated rings. The molecule has 0 atom stereocenters. The monoisotopic (exact) mass is 337 g/mol.